The first-order chi connectivity index (χ1) is 11.6. The Labute approximate surface area is 151 Å². The molecule has 0 unspecified atom stereocenters. The van der Waals surface area contributed by atoms with E-state index in [1.807, 2.05) is 18.2 Å². The molecule has 0 bridgehead atoms. The maximum atomic E-state index is 13.0. The normalized spacial score (nSPS) is 11.6. The van der Waals surface area contributed by atoms with Crippen molar-refractivity contribution in [3.63, 3.8) is 0 Å². The average molecular weight is 410 g/mol. The molecule has 3 aromatic rings. The highest BCUT2D eigenvalue weighted by molar-refractivity contribution is 9.10. The predicted molar refractivity (Wildman–Crippen MR) is 94.1 cm³/mol. The first-order valence-electron chi connectivity index (χ1n) is 6.87. The predicted octanol–water partition coefficient (Wildman–Crippen LogP) is 5.38. The van der Waals surface area contributed by atoms with Gasteiger partial charge < -0.3 is 9.26 Å². The number of rotatable bonds is 4. The molecule has 4 nitrogen and oxygen atoms in total. The van der Waals surface area contributed by atoms with E-state index in [2.05, 4.69) is 26.1 Å². The van der Waals surface area contributed by atoms with Crippen molar-refractivity contribution >= 4 is 38.6 Å². The van der Waals surface area contributed by atoms with E-state index in [0.29, 0.717) is 16.4 Å². The lowest BCUT2D eigenvalue weighted by Gasteiger charge is -2.03. The van der Waals surface area contributed by atoms with Crippen molar-refractivity contribution in [1.29, 1.82) is 0 Å². The molecule has 2 aromatic carbocycles. The first-order valence-corrected chi connectivity index (χ1v) is 8.04. The Morgan fingerprint density at radius 2 is 2.00 bits per heavy atom. The van der Waals surface area contributed by atoms with Gasteiger partial charge in [-0.3, -0.25) is 0 Å². The Kier molecular flexibility index (Phi) is 4.97. The average Bonchev–Trinajstić information content (AvgIpc) is 3.06. The molecule has 0 amide bonds. The highest BCUT2D eigenvalue weighted by atomic mass is 79.9. The van der Waals surface area contributed by atoms with Crippen LogP contribution in [0.3, 0.4) is 0 Å². The lowest BCUT2D eigenvalue weighted by atomic mass is 10.2. The number of nitrogens with zero attached hydrogens (tertiary/aromatic N) is 2. The number of aromatic nitrogens is 2. The Balaban J connectivity index is 1.86. The van der Waals surface area contributed by atoms with Crippen LogP contribution in [-0.4, -0.2) is 17.3 Å². The van der Waals surface area contributed by atoms with E-state index in [0.717, 1.165) is 15.8 Å². The molecule has 1 aromatic heterocycles. The second-order valence-electron chi connectivity index (χ2n) is 4.82. The standard InChI is InChI=1S/C17H11BrClFN2O2/c1-23-15-7-2-10(8-13(15)18)9-14(19)17-21-16(22-24-17)11-3-5-12(20)6-4-11/h2-9H,1H3/b14-9-. The Hall–Kier alpha value is -2.18. The topological polar surface area (TPSA) is 48.2 Å². The van der Waals surface area contributed by atoms with E-state index in [1.54, 1.807) is 25.3 Å². The van der Waals surface area contributed by atoms with Gasteiger partial charge in [0.25, 0.3) is 5.89 Å². The van der Waals surface area contributed by atoms with Crippen LogP contribution in [0.1, 0.15) is 11.5 Å². The summed E-state index contributed by atoms with van der Waals surface area (Å²) in [4.78, 5) is 4.23. The van der Waals surface area contributed by atoms with Gasteiger partial charge in [-0.25, -0.2) is 4.39 Å². The number of benzene rings is 2. The summed E-state index contributed by atoms with van der Waals surface area (Å²) < 4.78 is 24.1. The number of hydrogen-bond donors (Lipinski definition) is 0. The fourth-order valence-corrected chi connectivity index (χ4v) is 2.78. The molecular formula is C17H11BrClFN2O2. The largest absolute Gasteiger partial charge is 0.496 e. The zero-order valence-corrected chi connectivity index (χ0v) is 14.8. The molecule has 0 spiro atoms. The summed E-state index contributed by atoms with van der Waals surface area (Å²) in [6.07, 6.45) is 1.70. The van der Waals surface area contributed by atoms with Crippen molar-refractivity contribution in [3.05, 3.63) is 64.2 Å². The number of halogens is 3. The SMILES string of the molecule is COc1ccc(/C=C(\Cl)c2nc(-c3ccc(F)cc3)no2)cc1Br. The third kappa shape index (κ3) is 3.66. The summed E-state index contributed by atoms with van der Waals surface area (Å²) >= 11 is 9.67. The molecule has 0 saturated carbocycles. The summed E-state index contributed by atoms with van der Waals surface area (Å²) in [7, 11) is 1.60. The second kappa shape index (κ2) is 7.15. The van der Waals surface area contributed by atoms with Gasteiger partial charge in [-0.2, -0.15) is 4.98 Å². The van der Waals surface area contributed by atoms with E-state index in [1.165, 1.54) is 12.1 Å². The highest BCUT2D eigenvalue weighted by Gasteiger charge is 2.12. The number of ether oxygens (including phenoxy) is 1. The van der Waals surface area contributed by atoms with Crippen LogP contribution in [0.25, 0.3) is 22.5 Å². The minimum atomic E-state index is -0.328. The third-order valence-corrected chi connectivity index (χ3v) is 4.09. The van der Waals surface area contributed by atoms with Crippen molar-refractivity contribution < 1.29 is 13.7 Å². The van der Waals surface area contributed by atoms with Crippen molar-refractivity contribution in [2.24, 2.45) is 0 Å². The maximum Gasteiger partial charge on any atom is 0.269 e. The molecule has 0 fully saturated rings. The van der Waals surface area contributed by atoms with Crippen LogP contribution in [0.4, 0.5) is 4.39 Å². The molecule has 0 radical (unpaired) electrons. The summed E-state index contributed by atoms with van der Waals surface area (Å²) in [6.45, 7) is 0. The van der Waals surface area contributed by atoms with E-state index < -0.39 is 0 Å². The van der Waals surface area contributed by atoms with Gasteiger partial charge >= 0.3 is 0 Å². The van der Waals surface area contributed by atoms with Gasteiger partial charge in [0, 0.05) is 5.56 Å². The second-order valence-corrected chi connectivity index (χ2v) is 6.08. The summed E-state index contributed by atoms with van der Waals surface area (Å²) in [6, 6.07) is 11.3. The Morgan fingerprint density at radius 1 is 1.25 bits per heavy atom. The minimum absolute atomic E-state index is 0.183. The fourth-order valence-electron chi connectivity index (χ4n) is 2.02. The van der Waals surface area contributed by atoms with Gasteiger partial charge in [-0.05, 0) is 64.0 Å². The molecule has 0 aliphatic carbocycles. The van der Waals surface area contributed by atoms with Crippen LogP contribution in [-0.2, 0) is 0 Å². The molecule has 1 heterocycles. The van der Waals surface area contributed by atoms with Crippen molar-refractivity contribution in [3.8, 4) is 17.1 Å². The first kappa shape index (κ1) is 16.7. The van der Waals surface area contributed by atoms with Gasteiger partial charge in [-0.1, -0.05) is 22.8 Å². The van der Waals surface area contributed by atoms with Crippen LogP contribution in [0.5, 0.6) is 5.75 Å². The molecule has 24 heavy (non-hydrogen) atoms. The van der Waals surface area contributed by atoms with Crippen molar-refractivity contribution in [1.82, 2.24) is 10.1 Å². The molecule has 0 atom stereocenters. The maximum absolute atomic E-state index is 13.0. The molecule has 0 saturated heterocycles. The molecule has 0 aliphatic rings. The van der Waals surface area contributed by atoms with Gasteiger partial charge in [0.15, 0.2) is 0 Å². The lowest BCUT2D eigenvalue weighted by molar-refractivity contribution is 0.410. The van der Waals surface area contributed by atoms with Gasteiger partial charge in [0.05, 0.1) is 11.6 Å². The van der Waals surface area contributed by atoms with Crippen LogP contribution in [0.15, 0.2) is 51.5 Å². The Morgan fingerprint density at radius 3 is 2.67 bits per heavy atom. The molecule has 3 rings (SSSR count). The zero-order chi connectivity index (χ0) is 17.1. The van der Waals surface area contributed by atoms with Gasteiger partial charge in [0.1, 0.15) is 16.6 Å². The zero-order valence-electron chi connectivity index (χ0n) is 12.5. The van der Waals surface area contributed by atoms with E-state index in [4.69, 9.17) is 20.9 Å². The van der Waals surface area contributed by atoms with Crippen LogP contribution in [0.2, 0.25) is 0 Å². The molecule has 7 heteroatoms. The van der Waals surface area contributed by atoms with Crippen molar-refractivity contribution in [2.75, 3.05) is 7.11 Å². The van der Waals surface area contributed by atoms with Gasteiger partial charge in [-0.15, -0.1) is 0 Å². The van der Waals surface area contributed by atoms with E-state index >= 15 is 0 Å². The summed E-state index contributed by atoms with van der Waals surface area (Å²) in [5, 5.41) is 4.16. The van der Waals surface area contributed by atoms with Crippen LogP contribution in [0, 0.1) is 5.82 Å². The number of methoxy groups -OCH3 is 1. The minimum Gasteiger partial charge on any atom is -0.496 e. The fraction of sp³-hybridized carbons (Fsp3) is 0.0588. The third-order valence-electron chi connectivity index (χ3n) is 3.20. The monoisotopic (exact) mass is 408 g/mol. The van der Waals surface area contributed by atoms with Crippen molar-refractivity contribution in [2.45, 2.75) is 0 Å². The van der Waals surface area contributed by atoms with Crippen LogP contribution < -0.4 is 4.74 Å². The molecular weight excluding hydrogens is 399 g/mol. The smallest absolute Gasteiger partial charge is 0.269 e. The Bertz CT molecular complexity index is 894. The van der Waals surface area contributed by atoms with E-state index in [9.17, 15) is 4.39 Å². The summed E-state index contributed by atoms with van der Waals surface area (Å²) in [5.41, 5.74) is 1.48. The van der Waals surface area contributed by atoms with Gasteiger partial charge in [0.2, 0.25) is 5.82 Å². The summed E-state index contributed by atoms with van der Waals surface area (Å²) in [5.74, 6) is 0.917. The number of hydrogen-bond acceptors (Lipinski definition) is 4. The van der Waals surface area contributed by atoms with E-state index in [-0.39, 0.29) is 11.7 Å². The highest BCUT2D eigenvalue weighted by Crippen LogP contribution is 2.29. The van der Waals surface area contributed by atoms with Crippen LogP contribution >= 0.6 is 27.5 Å². The molecule has 122 valence electrons. The lowest BCUT2D eigenvalue weighted by Crippen LogP contribution is -1.85. The molecule has 0 N–H and O–H groups in total. The molecule has 0 aliphatic heterocycles. The quantitative estimate of drug-likeness (QED) is 0.580.